The summed E-state index contributed by atoms with van der Waals surface area (Å²) in [7, 11) is 2.97. The summed E-state index contributed by atoms with van der Waals surface area (Å²) in [5.41, 5.74) is 0.296. The topological polar surface area (TPSA) is 38.7 Å². The largest absolute Gasteiger partial charge is 0.493 e. The third-order valence-electron chi connectivity index (χ3n) is 3.89. The van der Waals surface area contributed by atoms with Crippen molar-refractivity contribution in [2.24, 2.45) is 5.92 Å². The van der Waals surface area contributed by atoms with Gasteiger partial charge in [0.15, 0.2) is 11.5 Å². The Balaban J connectivity index is 2.17. The Morgan fingerprint density at radius 3 is 2.37 bits per heavy atom. The summed E-state index contributed by atoms with van der Waals surface area (Å²) in [4.78, 5) is 0. The highest BCUT2D eigenvalue weighted by Gasteiger charge is 2.23. The van der Waals surface area contributed by atoms with Crippen molar-refractivity contribution in [3.63, 3.8) is 0 Å². The van der Waals surface area contributed by atoms with Gasteiger partial charge in [0.05, 0.1) is 20.3 Å². The standard InChI is InChI=1S/C15H21FO3/c1-18-14-8-11(12(16)9-15(14)19-2)13(17)7-10-5-3-4-6-10/h8-10,13,17H,3-7H2,1-2H3. The van der Waals surface area contributed by atoms with Crippen LogP contribution < -0.4 is 9.47 Å². The van der Waals surface area contributed by atoms with E-state index in [4.69, 9.17) is 9.47 Å². The molecule has 0 radical (unpaired) electrons. The zero-order chi connectivity index (χ0) is 13.8. The normalized spacial score (nSPS) is 17.5. The summed E-state index contributed by atoms with van der Waals surface area (Å²) in [6, 6.07) is 2.81. The van der Waals surface area contributed by atoms with Crippen molar-refractivity contribution >= 4 is 0 Å². The Morgan fingerprint density at radius 1 is 1.21 bits per heavy atom. The highest BCUT2D eigenvalue weighted by Crippen LogP contribution is 2.37. The molecule has 4 heteroatoms. The number of halogens is 1. The van der Waals surface area contributed by atoms with Gasteiger partial charge in [-0.2, -0.15) is 0 Å². The molecule has 19 heavy (non-hydrogen) atoms. The van der Waals surface area contributed by atoms with E-state index in [0.717, 1.165) is 12.8 Å². The molecule has 3 nitrogen and oxygen atoms in total. The SMILES string of the molecule is COc1cc(F)c(C(O)CC2CCCC2)cc1OC. The second-order valence-corrected chi connectivity index (χ2v) is 5.13. The molecule has 1 aliphatic carbocycles. The van der Waals surface area contributed by atoms with E-state index in [1.165, 1.54) is 39.2 Å². The van der Waals surface area contributed by atoms with E-state index in [0.29, 0.717) is 29.4 Å². The maximum Gasteiger partial charge on any atom is 0.163 e. The van der Waals surface area contributed by atoms with Gasteiger partial charge in [-0.15, -0.1) is 0 Å². The number of methoxy groups -OCH3 is 2. The predicted octanol–water partition coefficient (Wildman–Crippen LogP) is 3.46. The molecular formula is C15H21FO3. The van der Waals surface area contributed by atoms with E-state index >= 15 is 0 Å². The summed E-state index contributed by atoms with van der Waals surface area (Å²) in [5, 5.41) is 10.2. The average Bonchev–Trinajstić information content (AvgIpc) is 2.90. The number of aliphatic hydroxyl groups is 1. The molecule has 1 aromatic rings. The molecule has 0 aliphatic heterocycles. The molecule has 1 unspecified atom stereocenters. The number of aliphatic hydroxyl groups excluding tert-OH is 1. The third kappa shape index (κ3) is 3.18. The summed E-state index contributed by atoms with van der Waals surface area (Å²) in [6.45, 7) is 0. The molecule has 0 saturated heterocycles. The second-order valence-electron chi connectivity index (χ2n) is 5.13. The molecule has 1 N–H and O–H groups in total. The fraction of sp³-hybridized carbons (Fsp3) is 0.600. The van der Waals surface area contributed by atoms with Gasteiger partial charge in [-0.3, -0.25) is 0 Å². The summed E-state index contributed by atoms with van der Waals surface area (Å²) in [5.74, 6) is 0.854. The van der Waals surface area contributed by atoms with Crippen molar-refractivity contribution in [1.29, 1.82) is 0 Å². The quantitative estimate of drug-likeness (QED) is 0.888. The molecular weight excluding hydrogens is 247 g/mol. The Hall–Kier alpha value is -1.29. The van der Waals surface area contributed by atoms with Crippen LogP contribution in [-0.4, -0.2) is 19.3 Å². The number of ether oxygens (including phenoxy) is 2. The Bertz CT molecular complexity index is 428. The van der Waals surface area contributed by atoms with Gasteiger partial charge in [0, 0.05) is 11.6 Å². The van der Waals surface area contributed by atoms with Crippen molar-refractivity contribution in [3.05, 3.63) is 23.5 Å². The first-order valence-electron chi connectivity index (χ1n) is 6.75. The van der Waals surface area contributed by atoms with Crippen molar-refractivity contribution in [3.8, 4) is 11.5 Å². The molecule has 0 amide bonds. The lowest BCUT2D eigenvalue weighted by Gasteiger charge is -2.18. The van der Waals surface area contributed by atoms with Crippen LogP contribution in [0.1, 0.15) is 43.8 Å². The zero-order valence-electron chi connectivity index (χ0n) is 11.5. The van der Waals surface area contributed by atoms with Crippen LogP contribution >= 0.6 is 0 Å². The van der Waals surface area contributed by atoms with Gasteiger partial charge in [-0.25, -0.2) is 4.39 Å². The van der Waals surface area contributed by atoms with Crippen molar-refractivity contribution in [2.45, 2.75) is 38.2 Å². The van der Waals surface area contributed by atoms with Gasteiger partial charge in [0.2, 0.25) is 0 Å². The predicted molar refractivity (Wildman–Crippen MR) is 71.0 cm³/mol. The summed E-state index contributed by atoms with van der Waals surface area (Å²) < 4.78 is 24.2. The van der Waals surface area contributed by atoms with Crippen molar-refractivity contribution < 1.29 is 19.0 Å². The molecule has 0 aromatic heterocycles. The van der Waals surface area contributed by atoms with E-state index in [1.807, 2.05) is 0 Å². The lowest BCUT2D eigenvalue weighted by molar-refractivity contribution is 0.140. The molecule has 0 heterocycles. The van der Waals surface area contributed by atoms with Gasteiger partial charge >= 0.3 is 0 Å². The fourth-order valence-electron chi connectivity index (χ4n) is 2.81. The van der Waals surface area contributed by atoms with E-state index in [-0.39, 0.29) is 0 Å². The van der Waals surface area contributed by atoms with Gasteiger partial charge in [-0.05, 0) is 18.4 Å². The molecule has 1 aromatic carbocycles. The highest BCUT2D eigenvalue weighted by molar-refractivity contribution is 5.44. The number of benzene rings is 1. The van der Waals surface area contributed by atoms with Gasteiger partial charge in [0.25, 0.3) is 0 Å². The third-order valence-corrected chi connectivity index (χ3v) is 3.89. The number of rotatable bonds is 5. The van der Waals surface area contributed by atoms with Crippen LogP contribution in [0.3, 0.4) is 0 Å². The summed E-state index contributed by atoms with van der Waals surface area (Å²) >= 11 is 0. The van der Waals surface area contributed by atoms with E-state index in [1.54, 1.807) is 0 Å². The first kappa shape index (κ1) is 14.1. The van der Waals surface area contributed by atoms with Crippen LogP contribution in [0, 0.1) is 11.7 Å². The van der Waals surface area contributed by atoms with Crippen molar-refractivity contribution in [2.75, 3.05) is 14.2 Å². The van der Waals surface area contributed by atoms with E-state index in [9.17, 15) is 9.50 Å². The summed E-state index contributed by atoms with van der Waals surface area (Å²) in [6.07, 6.45) is 4.53. The molecule has 1 aliphatic rings. The maximum absolute atomic E-state index is 14.0. The van der Waals surface area contributed by atoms with E-state index in [2.05, 4.69) is 0 Å². The Labute approximate surface area is 113 Å². The smallest absolute Gasteiger partial charge is 0.163 e. The van der Waals surface area contributed by atoms with Crippen LogP contribution in [0.5, 0.6) is 11.5 Å². The first-order valence-corrected chi connectivity index (χ1v) is 6.75. The highest BCUT2D eigenvalue weighted by atomic mass is 19.1. The van der Waals surface area contributed by atoms with E-state index < -0.39 is 11.9 Å². The van der Waals surface area contributed by atoms with Gasteiger partial charge in [-0.1, -0.05) is 25.7 Å². The first-order chi connectivity index (χ1) is 9.15. The molecule has 106 valence electrons. The second kappa shape index (κ2) is 6.24. The molecule has 1 atom stereocenters. The van der Waals surface area contributed by atoms with Crippen molar-refractivity contribution in [1.82, 2.24) is 0 Å². The molecule has 2 rings (SSSR count). The minimum Gasteiger partial charge on any atom is -0.493 e. The van der Waals surface area contributed by atoms with Crippen LogP contribution in [0.25, 0.3) is 0 Å². The molecule has 0 bridgehead atoms. The number of hydrogen-bond donors (Lipinski definition) is 1. The lowest BCUT2D eigenvalue weighted by Crippen LogP contribution is -2.07. The maximum atomic E-state index is 14.0. The monoisotopic (exact) mass is 268 g/mol. The lowest BCUT2D eigenvalue weighted by atomic mass is 9.95. The van der Waals surface area contributed by atoms with Crippen LogP contribution in [0.2, 0.25) is 0 Å². The van der Waals surface area contributed by atoms with Gasteiger partial charge < -0.3 is 14.6 Å². The van der Waals surface area contributed by atoms with Crippen LogP contribution in [0.4, 0.5) is 4.39 Å². The minimum absolute atomic E-state index is 0.296. The van der Waals surface area contributed by atoms with Gasteiger partial charge in [0.1, 0.15) is 5.82 Å². The molecule has 1 fully saturated rings. The molecule has 1 saturated carbocycles. The Kier molecular flexibility index (Phi) is 4.64. The minimum atomic E-state index is -0.775. The zero-order valence-corrected chi connectivity index (χ0v) is 11.5. The fourth-order valence-corrected chi connectivity index (χ4v) is 2.81. The average molecular weight is 268 g/mol. The van der Waals surface area contributed by atoms with Crippen LogP contribution in [-0.2, 0) is 0 Å². The molecule has 0 spiro atoms. The Morgan fingerprint density at radius 2 is 1.79 bits per heavy atom. The van der Waals surface area contributed by atoms with Crippen LogP contribution in [0.15, 0.2) is 12.1 Å². The number of hydrogen-bond acceptors (Lipinski definition) is 3.